The summed E-state index contributed by atoms with van der Waals surface area (Å²) in [6.45, 7) is 1.06. The van der Waals surface area contributed by atoms with Crippen molar-refractivity contribution in [2.45, 2.75) is 6.04 Å². The van der Waals surface area contributed by atoms with Gasteiger partial charge < -0.3 is 9.84 Å². The number of hydrogen-bond donors (Lipinski definition) is 2. The Morgan fingerprint density at radius 1 is 1.25 bits per heavy atom. The van der Waals surface area contributed by atoms with Gasteiger partial charge in [0.1, 0.15) is 6.04 Å². The highest BCUT2D eigenvalue weighted by atomic mass is 32.2. The van der Waals surface area contributed by atoms with Crippen LogP contribution in [0.3, 0.4) is 0 Å². The molecule has 0 saturated carbocycles. The predicted molar refractivity (Wildman–Crippen MR) is 71.3 cm³/mol. The molecule has 1 atom stereocenters. The molecule has 0 radical (unpaired) electrons. The molecule has 1 fully saturated rings. The molecule has 2 N–H and O–H groups in total. The van der Waals surface area contributed by atoms with Gasteiger partial charge in [0.15, 0.2) is 0 Å². The lowest BCUT2D eigenvalue weighted by Gasteiger charge is -2.27. The summed E-state index contributed by atoms with van der Waals surface area (Å²) in [5.74, 6) is -1.24. The third-order valence-electron chi connectivity index (χ3n) is 2.96. The predicted octanol–water partition coefficient (Wildman–Crippen LogP) is -0.0211. The number of carboxylic acid groups (broad SMARTS) is 1. The van der Waals surface area contributed by atoms with Gasteiger partial charge in [0, 0.05) is 13.1 Å². The summed E-state index contributed by atoms with van der Waals surface area (Å²) in [7, 11) is -3.85. The van der Waals surface area contributed by atoms with Gasteiger partial charge in [-0.3, -0.25) is 4.79 Å². The molecular formula is C12H16N2O5S. The largest absolute Gasteiger partial charge is 0.480 e. The first kappa shape index (κ1) is 14.9. The molecule has 1 aromatic carbocycles. The number of ether oxygens (including phenoxy) is 1. The molecule has 1 unspecified atom stereocenters. The lowest BCUT2D eigenvalue weighted by molar-refractivity contribution is -0.139. The maximum atomic E-state index is 12.2. The minimum atomic E-state index is -3.85. The minimum Gasteiger partial charge on any atom is -0.480 e. The van der Waals surface area contributed by atoms with Crippen LogP contribution in [0, 0.1) is 0 Å². The number of morpholine rings is 1. The monoisotopic (exact) mass is 300 g/mol. The van der Waals surface area contributed by atoms with Crippen LogP contribution in [0.2, 0.25) is 0 Å². The lowest BCUT2D eigenvalue weighted by atomic mass is 10.1. The van der Waals surface area contributed by atoms with Crippen molar-refractivity contribution in [3.63, 3.8) is 0 Å². The molecule has 0 bridgehead atoms. The molecule has 2 rings (SSSR count). The van der Waals surface area contributed by atoms with Crippen LogP contribution in [-0.2, 0) is 19.7 Å². The average Bonchev–Trinajstić information content (AvgIpc) is 2.46. The summed E-state index contributed by atoms with van der Waals surface area (Å²) in [6.07, 6.45) is 0. The first-order chi connectivity index (χ1) is 9.50. The van der Waals surface area contributed by atoms with Crippen molar-refractivity contribution >= 4 is 16.2 Å². The van der Waals surface area contributed by atoms with E-state index in [1.165, 1.54) is 4.31 Å². The summed E-state index contributed by atoms with van der Waals surface area (Å²) in [5.41, 5.74) is 0.386. The number of rotatable bonds is 5. The van der Waals surface area contributed by atoms with Crippen molar-refractivity contribution in [3.05, 3.63) is 35.9 Å². The fourth-order valence-corrected chi connectivity index (χ4v) is 3.23. The molecule has 0 aromatic heterocycles. The van der Waals surface area contributed by atoms with Gasteiger partial charge in [-0.15, -0.1) is 0 Å². The van der Waals surface area contributed by atoms with Gasteiger partial charge in [0.05, 0.1) is 13.2 Å². The molecule has 0 amide bonds. The molecule has 0 aliphatic carbocycles. The smallest absolute Gasteiger partial charge is 0.326 e. The summed E-state index contributed by atoms with van der Waals surface area (Å²) >= 11 is 0. The van der Waals surface area contributed by atoms with E-state index >= 15 is 0 Å². The van der Waals surface area contributed by atoms with Gasteiger partial charge in [-0.2, -0.15) is 17.4 Å². The number of carbonyl (C=O) groups is 1. The maximum absolute atomic E-state index is 12.2. The van der Waals surface area contributed by atoms with E-state index in [-0.39, 0.29) is 13.1 Å². The standard InChI is InChI=1S/C12H16N2O5S/c15-12(16)11(10-4-2-1-3-5-10)13-20(17,18)14-6-8-19-9-7-14/h1-5,11,13H,6-9H2,(H,15,16). The fraction of sp³-hybridized carbons (Fsp3) is 0.417. The van der Waals surface area contributed by atoms with Gasteiger partial charge >= 0.3 is 5.97 Å². The van der Waals surface area contributed by atoms with Crippen LogP contribution in [0.1, 0.15) is 11.6 Å². The molecule has 8 heteroatoms. The second-order valence-electron chi connectivity index (χ2n) is 4.32. The normalized spacial score (nSPS) is 18.6. The summed E-state index contributed by atoms with van der Waals surface area (Å²) in [5, 5.41) is 9.22. The second kappa shape index (κ2) is 6.31. The zero-order valence-corrected chi connectivity index (χ0v) is 11.5. The third-order valence-corrected chi connectivity index (χ3v) is 4.54. The van der Waals surface area contributed by atoms with Crippen molar-refractivity contribution in [2.75, 3.05) is 26.3 Å². The van der Waals surface area contributed by atoms with Gasteiger partial charge in [0.2, 0.25) is 0 Å². The molecule has 1 saturated heterocycles. The van der Waals surface area contributed by atoms with E-state index < -0.39 is 22.2 Å². The van der Waals surface area contributed by atoms with Crippen molar-refractivity contribution < 1.29 is 23.1 Å². The van der Waals surface area contributed by atoms with Crippen LogP contribution in [0.5, 0.6) is 0 Å². The molecule has 0 spiro atoms. The van der Waals surface area contributed by atoms with Gasteiger partial charge in [-0.05, 0) is 5.56 Å². The highest BCUT2D eigenvalue weighted by Gasteiger charge is 2.30. The Labute approximate surface area is 117 Å². The number of aliphatic carboxylic acids is 1. The quantitative estimate of drug-likeness (QED) is 0.796. The second-order valence-corrected chi connectivity index (χ2v) is 6.02. The number of carboxylic acids is 1. The highest BCUT2D eigenvalue weighted by Crippen LogP contribution is 2.15. The van der Waals surface area contributed by atoms with Crippen LogP contribution < -0.4 is 4.72 Å². The van der Waals surface area contributed by atoms with Crippen molar-refractivity contribution in [2.24, 2.45) is 0 Å². The van der Waals surface area contributed by atoms with Crippen LogP contribution in [0.25, 0.3) is 0 Å². The van der Waals surface area contributed by atoms with Crippen LogP contribution >= 0.6 is 0 Å². The molecule has 20 heavy (non-hydrogen) atoms. The molecule has 1 aliphatic rings. The number of nitrogens with zero attached hydrogens (tertiary/aromatic N) is 1. The van der Waals surface area contributed by atoms with E-state index in [4.69, 9.17) is 4.74 Å². The van der Waals surface area contributed by atoms with E-state index in [9.17, 15) is 18.3 Å². The summed E-state index contributed by atoms with van der Waals surface area (Å²) in [4.78, 5) is 11.3. The first-order valence-corrected chi connectivity index (χ1v) is 7.57. The molecule has 7 nitrogen and oxygen atoms in total. The lowest BCUT2D eigenvalue weighted by Crippen LogP contribution is -2.48. The van der Waals surface area contributed by atoms with E-state index in [0.717, 1.165) is 0 Å². The Bertz CT molecular complexity index is 554. The van der Waals surface area contributed by atoms with Gasteiger partial charge in [0.25, 0.3) is 10.2 Å². The molecular weight excluding hydrogens is 284 g/mol. The zero-order chi connectivity index (χ0) is 14.6. The van der Waals surface area contributed by atoms with E-state index in [1.807, 2.05) is 0 Å². The molecule has 1 heterocycles. The Morgan fingerprint density at radius 3 is 2.40 bits per heavy atom. The average molecular weight is 300 g/mol. The highest BCUT2D eigenvalue weighted by molar-refractivity contribution is 7.87. The van der Waals surface area contributed by atoms with Gasteiger partial charge in [-0.1, -0.05) is 30.3 Å². The van der Waals surface area contributed by atoms with Gasteiger partial charge in [-0.25, -0.2) is 0 Å². The Hall–Kier alpha value is -1.48. The summed E-state index contributed by atoms with van der Waals surface area (Å²) < 4.78 is 32.8. The Balaban J connectivity index is 2.18. The van der Waals surface area contributed by atoms with Crippen molar-refractivity contribution in [3.8, 4) is 0 Å². The summed E-state index contributed by atoms with van der Waals surface area (Å²) in [6, 6.07) is 6.90. The zero-order valence-electron chi connectivity index (χ0n) is 10.7. The number of nitrogens with one attached hydrogen (secondary N) is 1. The SMILES string of the molecule is O=C(O)C(NS(=O)(=O)N1CCOCC1)c1ccccc1. The van der Waals surface area contributed by atoms with E-state index in [0.29, 0.717) is 18.8 Å². The molecule has 1 aliphatic heterocycles. The minimum absolute atomic E-state index is 0.219. The fourth-order valence-electron chi connectivity index (χ4n) is 1.92. The first-order valence-electron chi connectivity index (χ1n) is 6.13. The van der Waals surface area contributed by atoms with Crippen LogP contribution in [0.4, 0.5) is 0 Å². The van der Waals surface area contributed by atoms with E-state index in [1.54, 1.807) is 30.3 Å². The Kier molecular flexibility index (Phi) is 4.71. The van der Waals surface area contributed by atoms with Crippen LogP contribution in [-0.4, -0.2) is 50.1 Å². The number of hydrogen-bond acceptors (Lipinski definition) is 4. The third kappa shape index (κ3) is 3.54. The molecule has 1 aromatic rings. The van der Waals surface area contributed by atoms with Crippen LogP contribution in [0.15, 0.2) is 30.3 Å². The topological polar surface area (TPSA) is 95.9 Å². The van der Waals surface area contributed by atoms with E-state index in [2.05, 4.69) is 4.72 Å². The van der Waals surface area contributed by atoms with Crippen molar-refractivity contribution in [1.29, 1.82) is 0 Å². The maximum Gasteiger partial charge on any atom is 0.326 e. The Morgan fingerprint density at radius 2 is 1.85 bits per heavy atom. The van der Waals surface area contributed by atoms with Crippen molar-refractivity contribution in [1.82, 2.24) is 9.03 Å². The number of benzene rings is 1. The molecule has 110 valence electrons.